The normalized spacial score (nSPS) is 24.1. The number of nitrogens with one attached hydrogen (secondary N) is 1. The zero-order chi connectivity index (χ0) is 19.6. The van der Waals surface area contributed by atoms with Gasteiger partial charge in [-0.25, -0.2) is 4.79 Å². The molecule has 2 atom stereocenters. The highest BCUT2D eigenvalue weighted by molar-refractivity contribution is 8.01. The average Bonchev–Trinajstić information content (AvgIpc) is 3.10. The summed E-state index contributed by atoms with van der Waals surface area (Å²) < 4.78 is 34.1. The predicted molar refractivity (Wildman–Crippen MR) is 93.4 cm³/mol. The lowest BCUT2D eigenvalue weighted by Gasteiger charge is -2.29. The minimum Gasteiger partial charge on any atom is -0.454 e. The molecule has 1 N–H and O–H groups in total. The lowest BCUT2D eigenvalue weighted by atomic mass is 10.2. The Morgan fingerprint density at radius 2 is 2.15 bits per heavy atom. The van der Waals surface area contributed by atoms with Gasteiger partial charge < -0.3 is 19.7 Å². The van der Waals surface area contributed by atoms with Gasteiger partial charge in [0.05, 0.1) is 10.6 Å². The quantitative estimate of drug-likeness (QED) is 0.737. The van der Waals surface area contributed by atoms with Crippen molar-refractivity contribution in [2.24, 2.45) is 0 Å². The van der Waals surface area contributed by atoms with Crippen LogP contribution in [0.5, 0.6) is 5.75 Å². The molecule has 7 nitrogen and oxygen atoms in total. The number of hydrogen-bond acceptors (Lipinski definition) is 6. The van der Waals surface area contributed by atoms with Crippen LogP contribution in [-0.4, -0.2) is 52.6 Å². The molecule has 146 valence electrons. The standard InChI is InChI=1S/C17H18F2N2O5S/c1-17-7-6-14(23)21(17)11(9-27-17)15(24)25-8-13(22)20-10-4-2-3-5-12(10)26-16(18)19/h2-5,11,16H,6-9H2,1H3,(H,20,22)/t11-,17-/m1/s1. The molecule has 2 saturated heterocycles. The van der Waals surface area contributed by atoms with Crippen molar-refractivity contribution in [2.45, 2.75) is 37.3 Å². The highest BCUT2D eigenvalue weighted by atomic mass is 32.2. The third-order valence-corrected chi connectivity index (χ3v) is 5.94. The molecule has 10 heteroatoms. The minimum absolute atomic E-state index is 0.0394. The van der Waals surface area contributed by atoms with Crippen molar-refractivity contribution in [2.75, 3.05) is 17.7 Å². The Morgan fingerprint density at radius 3 is 2.89 bits per heavy atom. The fourth-order valence-electron chi connectivity index (χ4n) is 3.18. The molecule has 0 saturated carbocycles. The van der Waals surface area contributed by atoms with Crippen LogP contribution in [0, 0.1) is 0 Å². The highest BCUT2D eigenvalue weighted by Gasteiger charge is 2.53. The second-order valence-electron chi connectivity index (χ2n) is 6.30. The first-order chi connectivity index (χ1) is 12.8. The van der Waals surface area contributed by atoms with Crippen molar-refractivity contribution in [1.29, 1.82) is 0 Å². The Bertz CT molecular complexity index is 763. The van der Waals surface area contributed by atoms with Crippen LogP contribution in [0.25, 0.3) is 0 Å². The van der Waals surface area contributed by atoms with Gasteiger partial charge in [0.1, 0.15) is 11.8 Å². The molecular weight excluding hydrogens is 382 g/mol. The van der Waals surface area contributed by atoms with E-state index in [1.54, 1.807) is 0 Å². The number of carbonyl (C=O) groups is 3. The maximum absolute atomic E-state index is 12.4. The molecule has 2 heterocycles. The molecule has 0 aromatic heterocycles. The van der Waals surface area contributed by atoms with Gasteiger partial charge in [0, 0.05) is 12.2 Å². The molecular formula is C17H18F2N2O5S. The van der Waals surface area contributed by atoms with Crippen molar-refractivity contribution in [3.05, 3.63) is 24.3 Å². The monoisotopic (exact) mass is 400 g/mol. The van der Waals surface area contributed by atoms with Crippen LogP contribution >= 0.6 is 11.8 Å². The van der Waals surface area contributed by atoms with Crippen LogP contribution in [0.3, 0.4) is 0 Å². The summed E-state index contributed by atoms with van der Waals surface area (Å²) in [6, 6.07) is 4.96. The summed E-state index contributed by atoms with van der Waals surface area (Å²) in [4.78, 5) is 37.5. The lowest BCUT2D eigenvalue weighted by Crippen LogP contribution is -2.47. The topological polar surface area (TPSA) is 84.9 Å². The van der Waals surface area contributed by atoms with E-state index < -0.39 is 36.0 Å². The van der Waals surface area contributed by atoms with Gasteiger partial charge in [-0.05, 0) is 25.5 Å². The van der Waals surface area contributed by atoms with Gasteiger partial charge >= 0.3 is 12.6 Å². The van der Waals surface area contributed by atoms with Crippen molar-refractivity contribution < 1.29 is 32.6 Å². The van der Waals surface area contributed by atoms with E-state index in [2.05, 4.69) is 10.1 Å². The van der Waals surface area contributed by atoms with Crippen LogP contribution < -0.4 is 10.1 Å². The van der Waals surface area contributed by atoms with Gasteiger partial charge in [0.25, 0.3) is 5.91 Å². The first-order valence-corrected chi connectivity index (χ1v) is 9.25. The molecule has 0 bridgehead atoms. The summed E-state index contributed by atoms with van der Waals surface area (Å²) in [7, 11) is 0. The van der Waals surface area contributed by atoms with E-state index in [0.717, 1.165) is 0 Å². The number of nitrogens with zero attached hydrogens (tertiary/aromatic N) is 1. The number of hydrogen-bond donors (Lipinski definition) is 1. The number of thioether (sulfide) groups is 1. The van der Waals surface area contributed by atoms with Crippen LogP contribution in [0.1, 0.15) is 19.8 Å². The predicted octanol–water partition coefficient (Wildman–Crippen LogP) is 2.22. The van der Waals surface area contributed by atoms with Gasteiger partial charge in [0.15, 0.2) is 6.61 Å². The maximum Gasteiger partial charge on any atom is 0.387 e. The van der Waals surface area contributed by atoms with E-state index in [9.17, 15) is 23.2 Å². The largest absolute Gasteiger partial charge is 0.454 e. The van der Waals surface area contributed by atoms with E-state index in [0.29, 0.717) is 18.6 Å². The summed E-state index contributed by atoms with van der Waals surface area (Å²) in [5.41, 5.74) is 0.0394. The number of anilines is 1. The van der Waals surface area contributed by atoms with E-state index >= 15 is 0 Å². The summed E-state index contributed by atoms with van der Waals surface area (Å²) in [5.74, 6) is -1.25. The van der Waals surface area contributed by atoms with Crippen molar-refractivity contribution in [3.8, 4) is 5.75 Å². The number of ether oxygens (including phenoxy) is 2. The average molecular weight is 400 g/mol. The SMILES string of the molecule is C[C@@]12CCC(=O)N1[C@@H](C(=O)OCC(=O)Nc1ccccc1OC(F)F)CS2. The van der Waals surface area contributed by atoms with E-state index in [4.69, 9.17) is 4.74 Å². The molecule has 0 unspecified atom stereocenters. The first kappa shape index (κ1) is 19.4. The molecule has 0 radical (unpaired) electrons. The maximum atomic E-state index is 12.4. The molecule has 0 spiro atoms. The van der Waals surface area contributed by atoms with Crippen LogP contribution in [0.15, 0.2) is 24.3 Å². The third-order valence-electron chi connectivity index (χ3n) is 4.44. The fourth-order valence-corrected chi connectivity index (χ4v) is 4.60. The third kappa shape index (κ3) is 4.15. The number of rotatable bonds is 6. The van der Waals surface area contributed by atoms with Gasteiger partial charge in [-0.1, -0.05) is 12.1 Å². The molecule has 2 fully saturated rings. The molecule has 3 rings (SSSR count). The van der Waals surface area contributed by atoms with E-state index in [1.165, 1.54) is 40.9 Å². The fraction of sp³-hybridized carbons (Fsp3) is 0.471. The Morgan fingerprint density at radius 1 is 1.41 bits per heavy atom. The van der Waals surface area contributed by atoms with Gasteiger partial charge in [0.2, 0.25) is 5.91 Å². The Labute approximate surface area is 158 Å². The molecule has 27 heavy (non-hydrogen) atoms. The summed E-state index contributed by atoms with van der Waals surface area (Å²) in [6.45, 7) is -1.72. The second kappa shape index (κ2) is 7.71. The molecule has 0 aliphatic carbocycles. The number of carbonyl (C=O) groups excluding carboxylic acids is 3. The molecule has 2 aliphatic heterocycles. The smallest absolute Gasteiger partial charge is 0.387 e. The summed E-state index contributed by atoms with van der Waals surface area (Å²) in [6.07, 6.45) is 1.05. The van der Waals surface area contributed by atoms with Gasteiger partial charge in [-0.2, -0.15) is 8.78 Å². The Balaban J connectivity index is 1.56. The zero-order valence-electron chi connectivity index (χ0n) is 14.4. The lowest BCUT2D eigenvalue weighted by molar-refractivity contribution is -0.155. The van der Waals surface area contributed by atoms with E-state index in [-0.39, 0.29) is 17.3 Å². The first-order valence-electron chi connectivity index (χ1n) is 8.26. The number of halogens is 2. The molecule has 1 aromatic carbocycles. The van der Waals surface area contributed by atoms with Gasteiger partial charge in [-0.3, -0.25) is 9.59 Å². The number of benzene rings is 1. The number of alkyl halides is 2. The molecule has 2 amide bonds. The number of fused-ring (bicyclic) bond motifs is 1. The van der Waals surface area contributed by atoms with Crippen LogP contribution in [0.2, 0.25) is 0 Å². The Kier molecular flexibility index (Phi) is 5.54. The van der Waals surface area contributed by atoms with Gasteiger partial charge in [-0.15, -0.1) is 11.8 Å². The summed E-state index contributed by atoms with van der Waals surface area (Å²) >= 11 is 1.52. The van der Waals surface area contributed by atoms with E-state index in [1.807, 2.05) is 6.92 Å². The highest BCUT2D eigenvalue weighted by Crippen LogP contribution is 2.47. The number of para-hydroxylation sites is 2. The number of amides is 2. The molecule has 2 aliphatic rings. The number of esters is 1. The minimum atomic E-state index is -3.03. The Hall–Kier alpha value is -2.36. The zero-order valence-corrected chi connectivity index (χ0v) is 15.3. The van der Waals surface area contributed by atoms with Crippen LogP contribution in [0.4, 0.5) is 14.5 Å². The van der Waals surface area contributed by atoms with Crippen molar-refractivity contribution >= 4 is 35.2 Å². The summed E-state index contributed by atoms with van der Waals surface area (Å²) in [5, 5.41) is 2.36. The van der Waals surface area contributed by atoms with Crippen LogP contribution in [-0.2, 0) is 19.1 Å². The second-order valence-corrected chi connectivity index (χ2v) is 7.80. The molecule has 1 aromatic rings. The van der Waals surface area contributed by atoms with Crippen molar-refractivity contribution in [3.63, 3.8) is 0 Å². The van der Waals surface area contributed by atoms with Crippen molar-refractivity contribution in [1.82, 2.24) is 4.90 Å².